The number of carbonyl (C=O) groups is 1. The number of benzene rings is 1. The lowest BCUT2D eigenvalue weighted by atomic mass is 9.80. The van der Waals surface area contributed by atoms with Gasteiger partial charge in [0.25, 0.3) is 0 Å². The maximum Gasteiger partial charge on any atom is 0.164 e. The average Bonchev–Trinajstić information content (AvgIpc) is 2.53. The van der Waals surface area contributed by atoms with Crippen LogP contribution in [-0.4, -0.2) is 45.4 Å². The molecule has 0 amide bonds. The monoisotopic (exact) mass is 412 g/mol. The summed E-state index contributed by atoms with van der Waals surface area (Å²) in [5.74, 6) is 1.56. The average molecular weight is 413 g/mol. The summed E-state index contributed by atoms with van der Waals surface area (Å²) in [6.07, 6.45) is -0.0510. The fourth-order valence-corrected chi connectivity index (χ4v) is 5.42. The molecule has 3 rings (SSSR count). The van der Waals surface area contributed by atoms with E-state index in [0.717, 1.165) is 6.07 Å². The highest BCUT2D eigenvalue weighted by molar-refractivity contribution is 8.02. The molecule has 0 aliphatic carbocycles. The minimum atomic E-state index is -2.78. The molecule has 0 saturated carbocycles. The molecule has 2 heterocycles. The molecule has 28 heavy (non-hydrogen) atoms. The van der Waals surface area contributed by atoms with Crippen LogP contribution in [0, 0.1) is 17.0 Å². The summed E-state index contributed by atoms with van der Waals surface area (Å²) >= 11 is 0. The third-order valence-electron chi connectivity index (χ3n) is 5.98. The van der Waals surface area contributed by atoms with Crippen molar-refractivity contribution in [1.82, 2.24) is 0 Å². The van der Waals surface area contributed by atoms with Crippen molar-refractivity contribution in [3.8, 4) is 0 Å². The van der Waals surface area contributed by atoms with E-state index in [1.807, 2.05) is 0 Å². The van der Waals surface area contributed by atoms with E-state index in [1.165, 1.54) is 6.07 Å². The topological polar surface area (TPSA) is 81.8 Å². The van der Waals surface area contributed by atoms with Crippen LogP contribution in [0.15, 0.2) is 17.1 Å². The molecule has 2 N–H and O–H groups in total. The Labute approximate surface area is 164 Å². The van der Waals surface area contributed by atoms with Crippen molar-refractivity contribution >= 4 is 27.0 Å². The van der Waals surface area contributed by atoms with Crippen LogP contribution in [0.4, 0.5) is 8.78 Å². The molecule has 0 radical (unpaired) electrons. The summed E-state index contributed by atoms with van der Waals surface area (Å²) in [5.41, 5.74) is 4.36. The molecule has 2 aliphatic rings. The van der Waals surface area contributed by atoms with Crippen molar-refractivity contribution in [2.24, 2.45) is 16.1 Å². The fourth-order valence-electron chi connectivity index (χ4n) is 3.50. The minimum Gasteiger partial charge on any atom is -0.386 e. The Hall–Kier alpha value is -1.80. The van der Waals surface area contributed by atoms with Crippen molar-refractivity contribution in [3.05, 3.63) is 34.9 Å². The summed E-state index contributed by atoms with van der Waals surface area (Å²) in [4.78, 5) is 16.9. The van der Waals surface area contributed by atoms with Gasteiger partial charge in [0.1, 0.15) is 11.6 Å². The van der Waals surface area contributed by atoms with E-state index in [-0.39, 0.29) is 29.4 Å². The third kappa shape index (κ3) is 3.16. The lowest BCUT2D eigenvalue weighted by Crippen LogP contribution is -2.54. The summed E-state index contributed by atoms with van der Waals surface area (Å²) in [6, 6.07) is 2.44. The second-order valence-electron chi connectivity index (χ2n) is 8.83. The Balaban J connectivity index is 2.06. The predicted molar refractivity (Wildman–Crippen MR) is 107 cm³/mol. The number of rotatable bonds is 4. The van der Waals surface area contributed by atoms with Gasteiger partial charge in [-0.1, -0.05) is 0 Å². The Morgan fingerprint density at radius 1 is 1.29 bits per heavy atom. The van der Waals surface area contributed by atoms with Crippen LogP contribution in [0.25, 0.3) is 0 Å². The molecule has 2 atom stereocenters. The van der Waals surface area contributed by atoms with Gasteiger partial charge in [0.05, 0.1) is 28.9 Å². The first-order valence-corrected chi connectivity index (χ1v) is 10.9. The van der Waals surface area contributed by atoms with E-state index in [4.69, 9.17) is 10.5 Å². The molecule has 2 aliphatic heterocycles. The fraction of sp³-hybridized carbons (Fsp3) is 0.550. The zero-order valence-electron chi connectivity index (χ0n) is 16.6. The van der Waals surface area contributed by atoms with Crippen molar-refractivity contribution in [3.63, 3.8) is 0 Å². The maximum atomic E-state index is 14.7. The van der Waals surface area contributed by atoms with Gasteiger partial charge in [-0.2, -0.15) is 0 Å². The second-order valence-corrected chi connectivity index (χ2v) is 11.8. The number of carbonyl (C=O) groups excluding carboxylic acids is 1. The normalized spacial score (nSPS) is 31.0. The number of aliphatic imine (C=N–C) groups is 1. The first kappa shape index (κ1) is 20.9. The molecule has 1 aromatic carbocycles. The molecule has 154 valence electrons. The summed E-state index contributed by atoms with van der Waals surface area (Å²) in [5, 5.41) is 0. The zero-order chi connectivity index (χ0) is 21.1. The van der Waals surface area contributed by atoms with Gasteiger partial charge in [-0.3, -0.25) is 14.0 Å². The van der Waals surface area contributed by atoms with Crippen LogP contribution >= 0.6 is 0 Å². The lowest BCUT2D eigenvalue weighted by molar-refractivity contribution is -0.154. The summed E-state index contributed by atoms with van der Waals surface area (Å²) in [6.45, 7) is 7.33. The highest BCUT2D eigenvalue weighted by atomic mass is 32.2. The number of amidine groups is 1. The van der Waals surface area contributed by atoms with Crippen LogP contribution < -0.4 is 5.73 Å². The molecule has 8 heteroatoms. The van der Waals surface area contributed by atoms with Crippen molar-refractivity contribution in [2.45, 2.75) is 44.4 Å². The van der Waals surface area contributed by atoms with Gasteiger partial charge in [0, 0.05) is 17.7 Å². The molecule has 0 spiro atoms. The molecule has 1 unspecified atom stereocenters. The van der Waals surface area contributed by atoms with E-state index in [9.17, 15) is 17.8 Å². The van der Waals surface area contributed by atoms with Crippen molar-refractivity contribution in [1.29, 1.82) is 0 Å². The number of hydrogen-bond donors (Lipinski definition) is 1. The Bertz CT molecular complexity index is 981. The lowest BCUT2D eigenvalue weighted by Gasteiger charge is -2.41. The van der Waals surface area contributed by atoms with Crippen LogP contribution in [0.5, 0.6) is 0 Å². The standard InChI is InChI=1S/C20H26F2N2O3S/c1-18(2)17(23)24-20(4,11-28(18,5)26)13-6-12(7-14(21)16(13)22)8-15(25)19(3)9-27-10-19/h6-7H,5,8-11H2,1-4H3,(H2,23,24)/t20-,28?/m0/s1. The van der Waals surface area contributed by atoms with Gasteiger partial charge in [0.15, 0.2) is 11.6 Å². The van der Waals surface area contributed by atoms with E-state index < -0.39 is 36.9 Å². The van der Waals surface area contributed by atoms with Crippen LogP contribution in [0.2, 0.25) is 0 Å². The summed E-state index contributed by atoms with van der Waals surface area (Å²) in [7, 11) is -2.78. The largest absolute Gasteiger partial charge is 0.386 e. The SMILES string of the molecule is C=S1(=O)C[C@@](C)(c2cc(CC(=O)C3(C)COC3)cc(F)c2F)N=C(N)C1(C)C. The van der Waals surface area contributed by atoms with Gasteiger partial charge >= 0.3 is 0 Å². The van der Waals surface area contributed by atoms with Gasteiger partial charge in [-0.15, -0.1) is 0 Å². The number of halogens is 2. The van der Waals surface area contributed by atoms with Gasteiger partial charge in [-0.25, -0.2) is 8.78 Å². The maximum absolute atomic E-state index is 14.7. The molecular weight excluding hydrogens is 386 g/mol. The number of ketones is 1. The second kappa shape index (κ2) is 6.35. The van der Waals surface area contributed by atoms with Gasteiger partial charge in [0.2, 0.25) is 0 Å². The molecule has 1 aromatic rings. The number of nitrogens with two attached hydrogens (primary N) is 1. The zero-order valence-corrected chi connectivity index (χ0v) is 17.4. The Morgan fingerprint density at radius 2 is 1.89 bits per heavy atom. The van der Waals surface area contributed by atoms with Crippen LogP contribution in [0.3, 0.4) is 0 Å². The Morgan fingerprint density at radius 3 is 2.39 bits per heavy atom. The molecule has 5 nitrogen and oxygen atoms in total. The minimum absolute atomic E-state index is 0.0510. The van der Waals surface area contributed by atoms with Crippen LogP contribution in [0.1, 0.15) is 38.8 Å². The number of nitrogens with zero attached hydrogens (tertiary/aromatic N) is 1. The first-order chi connectivity index (χ1) is 12.7. The third-order valence-corrected chi connectivity index (χ3v) is 9.07. The van der Waals surface area contributed by atoms with E-state index in [1.54, 1.807) is 27.7 Å². The van der Waals surface area contributed by atoms with Gasteiger partial charge in [-0.05, 0) is 60.8 Å². The smallest absolute Gasteiger partial charge is 0.164 e. The number of hydrogen-bond acceptors (Lipinski definition) is 5. The molecular formula is C20H26F2N2O3S. The van der Waals surface area contributed by atoms with Crippen molar-refractivity contribution < 1.29 is 22.5 Å². The highest BCUT2D eigenvalue weighted by Crippen LogP contribution is 2.39. The van der Waals surface area contributed by atoms with E-state index >= 15 is 0 Å². The van der Waals surface area contributed by atoms with Crippen LogP contribution in [-0.2, 0) is 31.0 Å². The predicted octanol–water partition coefficient (Wildman–Crippen LogP) is 2.19. The molecule has 1 fully saturated rings. The number of ether oxygens (including phenoxy) is 1. The Kier molecular flexibility index (Phi) is 4.75. The molecule has 1 saturated heterocycles. The highest BCUT2D eigenvalue weighted by Gasteiger charge is 2.46. The van der Waals surface area contributed by atoms with E-state index in [0.29, 0.717) is 18.8 Å². The quantitative estimate of drug-likeness (QED) is 0.769. The summed E-state index contributed by atoms with van der Waals surface area (Å²) < 4.78 is 46.4. The van der Waals surface area contributed by atoms with Gasteiger partial charge < -0.3 is 10.5 Å². The first-order valence-electron chi connectivity index (χ1n) is 9.02. The molecule has 0 aromatic heterocycles. The van der Waals surface area contributed by atoms with E-state index in [2.05, 4.69) is 10.9 Å². The molecule has 0 bridgehead atoms. The number of Topliss-reactive ketones (excluding diaryl/α,β-unsaturated/α-hetero) is 1. The van der Waals surface area contributed by atoms with Crippen molar-refractivity contribution in [2.75, 3.05) is 19.0 Å².